The van der Waals surface area contributed by atoms with E-state index in [-0.39, 0.29) is 12.2 Å². The molecule has 0 saturated heterocycles. The predicted molar refractivity (Wildman–Crippen MR) is 121 cm³/mol. The number of benzene rings is 1. The lowest BCUT2D eigenvalue weighted by Crippen LogP contribution is -2.31. The molecule has 4 rings (SSSR count). The van der Waals surface area contributed by atoms with Crippen molar-refractivity contribution in [2.24, 2.45) is 0 Å². The summed E-state index contributed by atoms with van der Waals surface area (Å²) >= 11 is 0. The maximum Gasteiger partial charge on any atom is 0.238 e. The molecule has 3 heterocycles. The number of hydrogen-bond donors (Lipinski definition) is 1. The third-order valence-electron chi connectivity index (χ3n) is 5.68. The van der Waals surface area contributed by atoms with E-state index in [1.165, 1.54) is 0 Å². The molecule has 6 heteroatoms. The second-order valence-corrected chi connectivity index (χ2v) is 8.49. The Bertz CT molecular complexity index is 1170. The Morgan fingerprint density at radius 3 is 2.55 bits per heavy atom. The lowest BCUT2D eigenvalue weighted by molar-refractivity contribution is -0.122. The maximum absolute atomic E-state index is 13.3. The number of Topliss-reactive ketones (excluding diaryl/α,β-unsaturated/α-hetero) is 1. The van der Waals surface area contributed by atoms with E-state index in [9.17, 15) is 4.79 Å². The van der Waals surface area contributed by atoms with Gasteiger partial charge in [0.15, 0.2) is 0 Å². The van der Waals surface area contributed by atoms with Crippen molar-refractivity contribution >= 4 is 11.5 Å². The summed E-state index contributed by atoms with van der Waals surface area (Å²) in [6.45, 7) is 12.1. The molecule has 2 aromatic heterocycles. The van der Waals surface area contributed by atoms with Gasteiger partial charge in [-0.2, -0.15) is 0 Å². The minimum absolute atomic E-state index is 0.124. The van der Waals surface area contributed by atoms with Gasteiger partial charge >= 0.3 is 0 Å². The highest BCUT2D eigenvalue weighted by molar-refractivity contribution is 5.91. The fourth-order valence-electron chi connectivity index (χ4n) is 3.82. The second-order valence-electron chi connectivity index (χ2n) is 8.49. The van der Waals surface area contributed by atoms with Gasteiger partial charge in [0.25, 0.3) is 0 Å². The van der Waals surface area contributed by atoms with Gasteiger partial charge in [-0.1, -0.05) is 24.8 Å². The van der Waals surface area contributed by atoms with Crippen molar-refractivity contribution in [1.82, 2.24) is 15.0 Å². The van der Waals surface area contributed by atoms with Crippen LogP contribution in [0.2, 0.25) is 0 Å². The smallest absolute Gasteiger partial charge is 0.238 e. The van der Waals surface area contributed by atoms with Crippen LogP contribution >= 0.6 is 0 Å². The number of hydrogen-bond acceptors (Lipinski definition) is 6. The largest absolute Gasteiger partial charge is 0.470 e. The number of ketones is 1. The van der Waals surface area contributed by atoms with E-state index in [0.29, 0.717) is 12.5 Å². The first-order valence-corrected chi connectivity index (χ1v) is 10.2. The summed E-state index contributed by atoms with van der Waals surface area (Å²) in [5, 5.41) is 3.17. The Kier molecular flexibility index (Phi) is 5.31. The monoisotopic (exact) mass is 414 g/mol. The van der Waals surface area contributed by atoms with Crippen LogP contribution in [0.25, 0.3) is 11.1 Å². The molecule has 0 amide bonds. The lowest BCUT2D eigenvalue weighted by Gasteiger charge is -2.26. The number of carbonyl (C=O) groups excluding carboxylic acids is 1. The zero-order valence-corrected chi connectivity index (χ0v) is 18.3. The first kappa shape index (κ1) is 20.7. The van der Waals surface area contributed by atoms with Crippen LogP contribution in [0.15, 0.2) is 55.1 Å². The van der Waals surface area contributed by atoms with Gasteiger partial charge in [-0.25, -0.2) is 15.0 Å². The maximum atomic E-state index is 13.3. The molecule has 1 aliphatic rings. The SMILES string of the molecule is C=C1COc2ncc(CC(=O)C(C)(C)c3ccc(-c4cnc(C)nc4)cc3C)cc2N1. The van der Waals surface area contributed by atoms with Gasteiger partial charge in [0.05, 0.1) is 0 Å². The number of aryl methyl sites for hydroxylation is 2. The molecule has 6 nitrogen and oxygen atoms in total. The first-order valence-electron chi connectivity index (χ1n) is 10.2. The third-order valence-corrected chi connectivity index (χ3v) is 5.68. The highest BCUT2D eigenvalue weighted by atomic mass is 16.5. The van der Waals surface area contributed by atoms with Crippen LogP contribution in [-0.2, 0) is 16.6 Å². The Labute approximate surface area is 182 Å². The zero-order valence-electron chi connectivity index (χ0n) is 18.3. The van der Waals surface area contributed by atoms with Gasteiger partial charge in [-0.15, -0.1) is 0 Å². The zero-order chi connectivity index (χ0) is 22.2. The normalized spacial score (nSPS) is 13.2. The summed E-state index contributed by atoms with van der Waals surface area (Å²) < 4.78 is 5.54. The summed E-state index contributed by atoms with van der Waals surface area (Å²) in [5.41, 5.74) is 5.79. The van der Waals surface area contributed by atoms with Crippen LogP contribution in [0.1, 0.15) is 36.4 Å². The van der Waals surface area contributed by atoms with Crippen LogP contribution in [0.3, 0.4) is 0 Å². The van der Waals surface area contributed by atoms with Gasteiger partial charge in [0, 0.05) is 41.7 Å². The molecule has 0 fully saturated rings. The number of aromatic nitrogens is 3. The molecule has 0 spiro atoms. The quantitative estimate of drug-likeness (QED) is 0.659. The molecule has 0 radical (unpaired) electrons. The number of ether oxygens (including phenoxy) is 1. The van der Waals surface area contributed by atoms with Crippen molar-refractivity contribution in [3.63, 3.8) is 0 Å². The molecule has 31 heavy (non-hydrogen) atoms. The second kappa shape index (κ2) is 7.95. The van der Waals surface area contributed by atoms with Crippen LogP contribution < -0.4 is 10.1 Å². The number of nitrogens with one attached hydrogen (secondary N) is 1. The van der Waals surface area contributed by atoms with Gasteiger partial charge in [0.1, 0.15) is 23.9 Å². The average molecular weight is 415 g/mol. The fraction of sp³-hybridized carbons (Fsp3) is 0.280. The van der Waals surface area contributed by atoms with E-state index >= 15 is 0 Å². The van der Waals surface area contributed by atoms with Crippen molar-refractivity contribution in [3.8, 4) is 17.0 Å². The van der Waals surface area contributed by atoms with E-state index in [2.05, 4.69) is 32.9 Å². The van der Waals surface area contributed by atoms with Crippen LogP contribution in [0.5, 0.6) is 5.88 Å². The molecule has 1 aromatic carbocycles. The minimum atomic E-state index is -0.643. The van der Waals surface area contributed by atoms with Crippen LogP contribution in [0, 0.1) is 13.8 Å². The van der Waals surface area contributed by atoms with Crippen LogP contribution in [-0.4, -0.2) is 27.3 Å². The van der Waals surface area contributed by atoms with E-state index in [0.717, 1.165) is 45.0 Å². The standard InChI is InChI=1S/C25H26N4O2/c1-15-8-19(20-12-26-17(3)27-13-20)6-7-21(15)25(4,5)23(30)10-18-9-22-24(28-11-18)31-14-16(2)29-22/h6-9,11-13,29H,2,10,14H2,1,3-5H3. The molecule has 0 unspecified atom stereocenters. The van der Waals surface area contributed by atoms with Crippen molar-refractivity contribution in [2.45, 2.75) is 39.5 Å². The van der Waals surface area contributed by atoms with Crippen molar-refractivity contribution in [3.05, 3.63) is 77.6 Å². The van der Waals surface area contributed by atoms with E-state index in [1.807, 2.05) is 58.3 Å². The Morgan fingerprint density at radius 1 is 1.10 bits per heavy atom. The minimum Gasteiger partial charge on any atom is -0.470 e. The van der Waals surface area contributed by atoms with E-state index in [4.69, 9.17) is 4.74 Å². The summed E-state index contributed by atoms with van der Waals surface area (Å²) in [4.78, 5) is 26.2. The molecule has 3 aromatic rings. The Morgan fingerprint density at radius 2 is 1.84 bits per heavy atom. The number of anilines is 1. The van der Waals surface area contributed by atoms with Crippen molar-refractivity contribution in [1.29, 1.82) is 0 Å². The van der Waals surface area contributed by atoms with Crippen molar-refractivity contribution < 1.29 is 9.53 Å². The predicted octanol–water partition coefficient (Wildman–Crippen LogP) is 4.56. The number of pyridine rings is 1. The lowest BCUT2D eigenvalue weighted by atomic mass is 9.76. The van der Waals surface area contributed by atoms with Gasteiger partial charge in [-0.05, 0) is 56.0 Å². The number of nitrogens with zero attached hydrogens (tertiary/aromatic N) is 3. The average Bonchev–Trinajstić information content (AvgIpc) is 2.73. The topological polar surface area (TPSA) is 77.0 Å². The summed E-state index contributed by atoms with van der Waals surface area (Å²) in [7, 11) is 0. The van der Waals surface area contributed by atoms with E-state index in [1.54, 1.807) is 6.20 Å². The fourth-order valence-corrected chi connectivity index (χ4v) is 3.82. The van der Waals surface area contributed by atoms with Gasteiger partial charge < -0.3 is 10.1 Å². The molecular formula is C25H26N4O2. The van der Waals surface area contributed by atoms with Crippen LogP contribution in [0.4, 0.5) is 5.69 Å². The van der Waals surface area contributed by atoms with Crippen molar-refractivity contribution in [2.75, 3.05) is 11.9 Å². The molecule has 1 N–H and O–H groups in total. The molecule has 0 atom stereocenters. The molecule has 1 aliphatic heterocycles. The Balaban J connectivity index is 1.56. The summed E-state index contributed by atoms with van der Waals surface area (Å²) in [5.74, 6) is 1.40. The number of rotatable bonds is 5. The Hall–Kier alpha value is -3.54. The number of fused-ring (bicyclic) bond motifs is 1. The summed E-state index contributed by atoms with van der Waals surface area (Å²) in [6, 6.07) is 8.06. The third kappa shape index (κ3) is 4.19. The molecule has 158 valence electrons. The van der Waals surface area contributed by atoms with Gasteiger partial charge in [-0.3, -0.25) is 4.79 Å². The number of carbonyl (C=O) groups is 1. The molecule has 0 saturated carbocycles. The highest BCUT2D eigenvalue weighted by Crippen LogP contribution is 2.33. The molecule has 0 aliphatic carbocycles. The molecule has 0 bridgehead atoms. The summed E-state index contributed by atoms with van der Waals surface area (Å²) in [6.07, 6.45) is 5.63. The molecular weight excluding hydrogens is 388 g/mol. The van der Waals surface area contributed by atoms with E-state index < -0.39 is 5.41 Å². The van der Waals surface area contributed by atoms with Gasteiger partial charge in [0.2, 0.25) is 5.88 Å². The first-order chi connectivity index (χ1) is 14.7. The highest BCUT2D eigenvalue weighted by Gasteiger charge is 2.31.